The number of hydrogen-bond donors (Lipinski definition) is 0. The fourth-order valence-electron chi connectivity index (χ4n) is 4.47. The van der Waals surface area contributed by atoms with E-state index in [1.165, 1.54) is 62.5 Å². The lowest BCUT2D eigenvalue weighted by Gasteiger charge is -2.29. The molecule has 0 N–H and O–H groups in total. The van der Waals surface area contributed by atoms with E-state index < -0.39 is 6.29 Å². The monoisotopic (exact) mass is 482 g/mol. The number of quaternary nitrogens is 1. The molecule has 2 rings (SSSR count). The van der Waals surface area contributed by atoms with Gasteiger partial charge in [-0.3, -0.25) is 4.79 Å². The molecule has 1 unspecified atom stereocenters. The molecule has 2 aromatic carbocycles. The van der Waals surface area contributed by atoms with E-state index in [2.05, 4.69) is 57.4 Å². The second-order valence-corrected chi connectivity index (χ2v) is 10.5. The fourth-order valence-corrected chi connectivity index (χ4v) is 4.47. The molecule has 0 amide bonds. The van der Waals surface area contributed by atoms with Crippen molar-refractivity contribution in [3.8, 4) is 5.75 Å². The second kappa shape index (κ2) is 16.4. The minimum atomic E-state index is -0.590. The summed E-state index contributed by atoms with van der Waals surface area (Å²) >= 11 is 0. The SMILES string of the molecule is CCCCCCCCCCc1ccc(OC(C)OC(=O)CCC[N+](C)(C)Cc2ccccc2)cc1. The summed E-state index contributed by atoms with van der Waals surface area (Å²) in [7, 11) is 4.39. The molecule has 0 bridgehead atoms. The summed E-state index contributed by atoms with van der Waals surface area (Å²) in [5, 5.41) is 0. The van der Waals surface area contributed by atoms with Crippen LogP contribution in [-0.2, 0) is 22.5 Å². The van der Waals surface area contributed by atoms with Crippen molar-refractivity contribution in [2.75, 3.05) is 20.6 Å². The first-order chi connectivity index (χ1) is 16.9. The summed E-state index contributed by atoms with van der Waals surface area (Å²) in [6.45, 7) is 5.91. The van der Waals surface area contributed by atoms with E-state index in [1.54, 1.807) is 6.92 Å². The quantitative estimate of drug-likeness (QED) is 0.0945. The number of unbranched alkanes of at least 4 members (excludes halogenated alkanes) is 7. The van der Waals surface area contributed by atoms with Crippen LogP contribution in [0.1, 0.15) is 89.2 Å². The van der Waals surface area contributed by atoms with Crippen molar-refractivity contribution in [3.05, 3.63) is 65.7 Å². The standard InChI is InChI=1S/C31H48NO3/c1-5-6-7-8-9-10-11-13-17-28-21-23-30(24-22-28)34-27(2)35-31(33)20-16-25-32(3,4)26-29-18-14-12-15-19-29/h12,14-15,18-19,21-24,27H,5-11,13,16-17,20,25-26H2,1-4H3/q+1. The first-order valence-electron chi connectivity index (χ1n) is 13.7. The van der Waals surface area contributed by atoms with Gasteiger partial charge >= 0.3 is 5.97 Å². The number of esters is 1. The van der Waals surface area contributed by atoms with Crippen molar-refractivity contribution in [3.63, 3.8) is 0 Å². The Bertz CT molecular complexity index is 817. The van der Waals surface area contributed by atoms with Gasteiger partial charge in [-0.05, 0) is 30.5 Å². The molecule has 0 saturated carbocycles. The number of hydrogen-bond acceptors (Lipinski definition) is 3. The normalized spacial score (nSPS) is 12.3. The largest absolute Gasteiger partial charge is 0.455 e. The van der Waals surface area contributed by atoms with E-state index in [4.69, 9.17) is 9.47 Å². The number of rotatable bonds is 18. The fraction of sp³-hybridized carbons (Fsp3) is 0.581. The van der Waals surface area contributed by atoms with Crippen LogP contribution in [0.3, 0.4) is 0 Å². The van der Waals surface area contributed by atoms with Crippen LogP contribution in [0.25, 0.3) is 0 Å². The highest BCUT2D eigenvalue weighted by Gasteiger charge is 2.18. The van der Waals surface area contributed by atoms with Crippen molar-refractivity contribution in [2.45, 2.75) is 97.3 Å². The van der Waals surface area contributed by atoms with Gasteiger partial charge in [0.2, 0.25) is 6.29 Å². The molecule has 0 aliphatic heterocycles. The number of carbonyl (C=O) groups excluding carboxylic acids is 1. The zero-order chi connectivity index (χ0) is 25.4. The predicted molar refractivity (Wildman–Crippen MR) is 145 cm³/mol. The lowest BCUT2D eigenvalue weighted by Crippen LogP contribution is -2.39. The van der Waals surface area contributed by atoms with E-state index in [1.807, 2.05) is 18.2 Å². The first-order valence-corrected chi connectivity index (χ1v) is 13.7. The van der Waals surface area contributed by atoms with Crippen LogP contribution in [0.5, 0.6) is 5.75 Å². The number of aryl methyl sites for hydroxylation is 1. The molecule has 4 nitrogen and oxygen atoms in total. The second-order valence-electron chi connectivity index (χ2n) is 10.5. The molecule has 0 heterocycles. The van der Waals surface area contributed by atoms with Crippen molar-refractivity contribution in [2.24, 2.45) is 0 Å². The Hall–Kier alpha value is -2.33. The van der Waals surface area contributed by atoms with Gasteiger partial charge in [0.05, 0.1) is 27.1 Å². The molecule has 0 aromatic heterocycles. The Morgan fingerprint density at radius 1 is 0.800 bits per heavy atom. The molecule has 0 aliphatic carbocycles. The lowest BCUT2D eigenvalue weighted by molar-refractivity contribution is -0.903. The third kappa shape index (κ3) is 13.4. The first kappa shape index (κ1) is 28.9. The smallest absolute Gasteiger partial charge is 0.309 e. The van der Waals surface area contributed by atoms with Crippen LogP contribution in [0.4, 0.5) is 0 Å². The molecular formula is C31H48NO3+. The van der Waals surface area contributed by atoms with Crippen molar-refractivity contribution in [1.82, 2.24) is 0 Å². The molecule has 0 spiro atoms. The van der Waals surface area contributed by atoms with Crippen LogP contribution < -0.4 is 4.74 Å². The highest BCUT2D eigenvalue weighted by molar-refractivity contribution is 5.69. The minimum absolute atomic E-state index is 0.205. The van der Waals surface area contributed by atoms with Gasteiger partial charge in [-0.2, -0.15) is 0 Å². The maximum atomic E-state index is 12.3. The van der Waals surface area contributed by atoms with E-state index in [-0.39, 0.29) is 5.97 Å². The molecular weight excluding hydrogens is 434 g/mol. The Kier molecular flexibility index (Phi) is 13.5. The summed E-state index contributed by atoms with van der Waals surface area (Å²) in [4.78, 5) is 12.3. The zero-order valence-corrected chi connectivity index (χ0v) is 22.6. The van der Waals surface area contributed by atoms with Gasteiger partial charge in [-0.25, -0.2) is 0 Å². The Morgan fingerprint density at radius 3 is 2.09 bits per heavy atom. The average molecular weight is 483 g/mol. The average Bonchev–Trinajstić information content (AvgIpc) is 2.82. The van der Waals surface area contributed by atoms with Crippen LogP contribution in [0.15, 0.2) is 54.6 Å². The van der Waals surface area contributed by atoms with Crippen LogP contribution in [-0.4, -0.2) is 37.4 Å². The Labute approximate surface area is 214 Å². The minimum Gasteiger partial charge on any atom is -0.455 e. The summed E-state index contributed by atoms with van der Waals surface area (Å²) in [6.07, 6.45) is 12.4. The topological polar surface area (TPSA) is 35.5 Å². The van der Waals surface area contributed by atoms with Crippen LogP contribution >= 0.6 is 0 Å². The van der Waals surface area contributed by atoms with E-state index >= 15 is 0 Å². The Morgan fingerprint density at radius 2 is 1.43 bits per heavy atom. The molecule has 194 valence electrons. The van der Waals surface area contributed by atoms with E-state index in [0.717, 1.165) is 36.2 Å². The molecule has 2 aromatic rings. The predicted octanol–water partition coefficient (Wildman–Crippen LogP) is 7.69. The number of ether oxygens (including phenoxy) is 2. The molecule has 1 atom stereocenters. The zero-order valence-electron chi connectivity index (χ0n) is 22.6. The maximum absolute atomic E-state index is 12.3. The lowest BCUT2D eigenvalue weighted by atomic mass is 10.0. The third-order valence-corrected chi connectivity index (χ3v) is 6.44. The third-order valence-electron chi connectivity index (χ3n) is 6.44. The summed E-state index contributed by atoms with van der Waals surface area (Å²) in [5.41, 5.74) is 2.65. The van der Waals surface area contributed by atoms with Crippen molar-refractivity contribution < 1.29 is 18.8 Å². The van der Waals surface area contributed by atoms with Gasteiger partial charge < -0.3 is 14.0 Å². The van der Waals surface area contributed by atoms with Gasteiger partial charge in [0, 0.05) is 18.9 Å². The summed E-state index contributed by atoms with van der Waals surface area (Å²) in [5.74, 6) is 0.536. The highest BCUT2D eigenvalue weighted by Crippen LogP contribution is 2.17. The number of benzene rings is 2. The molecule has 0 aliphatic rings. The maximum Gasteiger partial charge on any atom is 0.309 e. The van der Waals surface area contributed by atoms with Gasteiger partial charge in [-0.15, -0.1) is 0 Å². The van der Waals surface area contributed by atoms with Crippen LogP contribution in [0.2, 0.25) is 0 Å². The van der Waals surface area contributed by atoms with E-state index in [0.29, 0.717) is 6.42 Å². The van der Waals surface area contributed by atoms with E-state index in [9.17, 15) is 4.79 Å². The molecule has 4 heteroatoms. The van der Waals surface area contributed by atoms with Crippen molar-refractivity contribution >= 4 is 5.97 Å². The van der Waals surface area contributed by atoms with Gasteiger partial charge in [-0.1, -0.05) is 94.3 Å². The number of carbonyl (C=O) groups is 1. The highest BCUT2D eigenvalue weighted by atomic mass is 16.7. The van der Waals surface area contributed by atoms with Crippen LogP contribution in [0, 0.1) is 0 Å². The summed E-state index contributed by atoms with van der Waals surface area (Å²) in [6, 6.07) is 18.7. The molecule has 0 saturated heterocycles. The Balaban J connectivity index is 1.59. The molecule has 0 radical (unpaired) electrons. The van der Waals surface area contributed by atoms with Crippen molar-refractivity contribution in [1.29, 1.82) is 0 Å². The van der Waals surface area contributed by atoms with Gasteiger partial charge in [0.25, 0.3) is 0 Å². The molecule has 35 heavy (non-hydrogen) atoms. The van der Waals surface area contributed by atoms with Gasteiger partial charge in [0.15, 0.2) is 0 Å². The van der Waals surface area contributed by atoms with Gasteiger partial charge in [0.1, 0.15) is 12.3 Å². The number of nitrogens with zero attached hydrogens (tertiary/aromatic N) is 1. The summed E-state index contributed by atoms with van der Waals surface area (Å²) < 4.78 is 12.1. The molecule has 0 fully saturated rings.